The second kappa shape index (κ2) is 8.87. The zero-order valence-electron chi connectivity index (χ0n) is 19.1. The summed E-state index contributed by atoms with van der Waals surface area (Å²) in [6.45, 7) is 7.02. The molecule has 4 rings (SSSR count). The largest absolute Gasteiger partial charge is 0.497 e. The highest BCUT2D eigenvalue weighted by molar-refractivity contribution is 7.76. The molecule has 1 aliphatic rings. The van der Waals surface area contributed by atoms with Gasteiger partial charge in [-0.2, -0.15) is 0 Å². The second-order valence-corrected chi connectivity index (χ2v) is 10.6. The molecule has 32 heavy (non-hydrogen) atoms. The number of hydrogen-bond donors (Lipinski definition) is 0. The molecule has 1 unspecified atom stereocenters. The smallest absolute Gasteiger partial charge is 0.181 e. The number of methoxy groups -OCH3 is 2. The van der Waals surface area contributed by atoms with Crippen molar-refractivity contribution in [3.63, 3.8) is 0 Å². The predicted octanol–water partition coefficient (Wildman–Crippen LogP) is 5.65. The Bertz CT molecular complexity index is 1260. The zero-order valence-corrected chi connectivity index (χ0v) is 20.0. The molecule has 4 nitrogen and oxygen atoms in total. The van der Waals surface area contributed by atoms with E-state index >= 15 is 0 Å². The Hall–Kier alpha value is -2.99. The minimum absolute atomic E-state index is 0.545. The third-order valence-corrected chi connectivity index (χ3v) is 7.99. The van der Waals surface area contributed by atoms with E-state index in [4.69, 9.17) is 14.2 Å². The van der Waals surface area contributed by atoms with Gasteiger partial charge in [-0.1, -0.05) is 18.1 Å². The van der Waals surface area contributed by atoms with E-state index in [0.717, 1.165) is 50.2 Å². The fourth-order valence-electron chi connectivity index (χ4n) is 4.30. The Balaban J connectivity index is 1.89. The van der Waals surface area contributed by atoms with Crippen molar-refractivity contribution in [3.05, 3.63) is 76.3 Å². The molecule has 0 saturated heterocycles. The summed E-state index contributed by atoms with van der Waals surface area (Å²) in [6.07, 6.45) is 0. The Kier molecular flexibility index (Phi) is 6.15. The van der Waals surface area contributed by atoms with Crippen LogP contribution in [0.1, 0.15) is 27.8 Å². The first kappa shape index (κ1) is 22.2. The SMILES string of the molecule is COc1ccc(C#CP(C)(=O)c2c(C)c3c(c(C)c2-c2ccc(OC)cc2)COC3)cc1. The lowest BCUT2D eigenvalue weighted by molar-refractivity contribution is 0.134. The first-order chi connectivity index (χ1) is 15.4. The van der Waals surface area contributed by atoms with Gasteiger partial charge in [-0.15, -0.1) is 0 Å². The fraction of sp³-hybridized carbons (Fsp3) is 0.259. The summed E-state index contributed by atoms with van der Waals surface area (Å²) in [4.78, 5) is 0. The zero-order chi connectivity index (χ0) is 22.9. The van der Waals surface area contributed by atoms with E-state index in [1.807, 2.05) is 55.5 Å². The number of ether oxygens (including phenoxy) is 3. The maximum Gasteiger partial charge on any atom is 0.181 e. The highest BCUT2D eigenvalue weighted by atomic mass is 31.2. The number of benzene rings is 3. The van der Waals surface area contributed by atoms with Crippen LogP contribution in [0.15, 0.2) is 48.5 Å². The number of fused-ring (bicyclic) bond motifs is 1. The van der Waals surface area contributed by atoms with Gasteiger partial charge in [0.05, 0.1) is 27.4 Å². The quantitative estimate of drug-likeness (QED) is 0.384. The van der Waals surface area contributed by atoms with Gasteiger partial charge < -0.3 is 18.8 Å². The molecular weight excluding hydrogens is 419 g/mol. The summed E-state index contributed by atoms with van der Waals surface area (Å²) < 4.78 is 30.4. The van der Waals surface area contributed by atoms with Gasteiger partial charge in [0, 0.05) is 17.5 Å². The minimum Gasteiger partial charge on any atom is -0.497 e. The maximum atomic E-state index is 14.1. The Morgan fingerprint density at radius 2 is 1.38 bits per heavy atom. The van der Waals surface area contributed by atoms with Crippen molar-refractivity contribution in [1.82, 2.24) is 0 Å². The number of rotatable bonds is 4. The van der Waals surface area contributed by atoms with Crippen LogP contribution in [0.3, 0.4) is 0 Å². The van der Waals surface area contributed by atoms with Crippen LogP contribution >= 0.6 is 7.14 Å². The van der Waals surface area contributed by atoms with Crippen molar-refractivity contribution in [1.29, 1.82) is 0 Å². The molecule has 1 aliphatic heterocycles. The topological polar surface area (TPSA) is 44.8 Å². The van der Waals surface area contributed by atoms with Gasteiger partial charge in [0.25, 0.3) is 0 Å². The van der Waals surface area contributed by atoms with Gasteiger partial charge in [-0.05, 0) is 89.3 Å². The van der Waals surface area contributed by atoms with Crippen molar-refractivity contribution >= 4 is 12.4 Å². The molecule has 3 aromatic carbocycles. The van der Waals surface area contributed by atoms with Gasteiger partial charge in [0.1, 0.15) is 11.5 Å². The molecule has 164 valence electrons. The minimum atomic E-state index is -3.03. The van der Waals surface area contributed by atoms with Crippen LogP contribution in [0, 0.1) is 25.4 Å². The third kappa shape index (κ3) is 4.07. The molecule has 0 fully saturated rings. The lowest BCUT2D eigenvalue weighted by Crippen LogP contribution is -2.17. The van der Waals surface area contributed by atoms with Crippen molar-refractivity contribution < 1.29 is 18.8 Å². The molecule has 0 spiro atoms. The second-order valence-electron chi connectivity index (χ2n) is 8.04. The Labute approximate surface area is 189 Å². The summed E-state index contributed by atoms with van der Waals surface area (Å²) in [6, 6.07) is 15.4. The van der Waals surface area contributed by atoms with Crippen LogP contribution in [0.2, 0.25) is 0 Å². The molecular formula is C27H27O4P. The van der Waals surface area contributed by atoms with Gasteiger partial charge in [-0.3, -0.25) is 0 Å². The summed E-state index contributed by atoms with van der Waals surface area (Å²) in [5, 5.41) is 0.824. The van der Waals surface area contributed by atoms with Crippen molar-refractivity contribution in [2.45, 2.75) is 27.1 Å². The lowest BCUT2D eigenvalue weighted by Gasteiger charge is -2.22. The molecule has 0 aromatic heterocycles. The summed E-state index contributed by atoms with van der Waals surface area (Å²) >= 11 is 0. The predicted molar refractivity (Wildman–Crippen MR) is 129 cm³/mol. The monoisotopic (exact) mass is 446 g/mol. The van der Waals surface area contributed by atoms with E-state index < -0.39 is 7.14 Å². The van der Waals surface area contributed by atoms with Gasteiger partial charge in [0.15, 0.2) is 7.14 Å². The Morgan fingerprint density at radius 3 is 1.94 bits per heavy atom. The van der Waals surface area contributed by atoms with Gasteiger partial charge in [-0.25, -0.2) is 0 Å². The molecule has 0 amide bonds. The number of hydrogen-bond acceptors (Lipinski definition) is 4. The average Bonchev–Trinajstić information content (AvgIpc) is 3.31. The molecule has 0 N–H and O–H groups in total. The standard InChI is InChI=1S/C27H27O4P/c1-18-24-16-31-17-25(24)19(2)27(26(18)21-8-12-23(30-4)13-9-21)32(5,28)15-14-20-6-10-22(29-3)11-7-20/h6-13H,16-17H2,1-5H3. The van der Waals surface area contributed by atoms with E-state index in [2.05, 4.69) is 18.5 Å². The van der Waals surface area contributed by atoms with Crippen molar-refractivity contribution in [2.75, 3.05) is 20.9 Å². The van der Waals surface area contributed by atoms with Gasteiger partial charge >= 0.3 is 0 Å². The Morgan fingerprint density at radius 1 is 0.844 bits per heavy atom. The van der Waals surface area contributed by atoms with Crippen LogP contribution in [0.5, 0.6) is 11.5 Å². The normalized spacial score (nSPS) is 14.2. The lowest BCUT2D eigenvalue weighted by atomic mass is 9.90. The fourth-order valence-corrected chi connectivity index (χ4v) is 6.26. The van der Waals surface area contributed by atoms with E-state index in [0.29, 0.717) is 13.2 Å². The van der Waals surface area contributed by atoms with E-state index in [1.165, 1.54) is 5.56 Å². The summed E-state index contributed by atoms with van der Waals surface area (Å²) in [7, 11) is 0.253. The highest BCUT2D eigenvalue weighted by Gasteiger charge is 2.30. The first-order valence-corrected chi connectivity index (χ1v) is 12.6. The van der Waals surface area contributed by atoms with Crippen LogP contribution in [0.4, 0.5) is 0 Å². The first-order valence-electron chi connectivity index (χ1n) is 10.5. The molecule has 0 radical (unpaired) electrons. The third-order valence-electron chi connectivity index (χ3n) is 6.04. The molecule has 0 aliphatic carbocycles. The maximum absolute atomic E-state index is 14.1. The molecule has 3 aromatic rings. The molecule has 5 heteroatoms. The molecule has 0 bridgehead atoms. The van der Waals surface area contributed by atoms with E-state index in [-0.39, 0.29) is 0 Å². The van der Waals surface area contributed by atoms with E-state index in [1.54, 1.807) is 20.9 Å². The highest BCUT2D eigenvalue weighted by Crippen LogP contribution is 2.47. The van der Waals surface area contributed by atoms with E-state index in [9.17, 15) is 4.57 Å². The van der Waals surface area contributed by atoms with Gasteiger partial charge in [0.2, 0.25) is 0 Å². The van der Waals surface area contributed by atoms with Crippen molar-refractivity contribution in [3.8, 4) is 34.2 Å². The van der Waals surface area contributed by atoms with Crippen LogP contribution < -0.4 is 14.8 Å². The van der Waals surface area contributed by atoms with Crippen LogP contribution in [-0.4, -0.2) is 20.9 Å². The van der Waals surface area contributed by atoms with Crippen LogP contribution in [0.25, 0.3) is 11.1 Å². The van der Waals surface area contributed by atoms with Crippen LogP contribution in [-0.2, 0) is 22.5 Å². The van der Waals surface area contributed by atoms with Crippen molar-refractivity contribution in [2.24, 2.45) is 0 Å². The summed E-state index contributed by atoms with van der Waals surface area (Å²) in [5.74, 6) is 4.68. The average molecular weight is 446 g/mol. The molecule has 0 saturated carbocycles. The summed E-state index contributed by atoms with van der Waals surface area (Å²) in [5.41, 5.74) is 10.4. The molecule has 1 atom stereocenters. The molecule has 1 heterocycles.